The molecular formula is C11H7Cl3N2O. The lowest BCUT2D eigenvalue weighted by Gasteiger charge is -2.08. The molecule has 0 amide bonds. The number of aromatic nitrogens is 2. The van der Waals surface area contributed by atoms with Crippen molar-refractivity contribution in [2.45, 2.75) is 0 Å². The van der Waals surface area contributed by atoms with Gasteiger partial charge in [-0.15, -0.1) is 0 Å². The van der Waals surface area contributed by atoms with E-state index in [4.69, 9.17) is 39.5 Å². The second kappa shape index (κ2) is 5.08. The van der Waals surface area contributed by atoms with Gasteiger partial charge in [0.2, 0.25) is 5.88 Å². The lowest BCUT2D eigenvalue weighted by atomic mass is 10.1. The summed E-state index contributed by atoms with van der Waals surface area (Å²) in [6.45, 7) is 0. The Morgan fingerprint density at radius 2 is 1.94 bits per heavy atom. The first-order chi connectivity index (χ1) is 8.13. The van der Waals surface area contributed by atoms with Crippen LogP contribution < -0.4 is 4.74 Å². The molecule has 17 heavy (non-hydrogen) atoms. The van der Waals surface area contributed by atoms with E-state index in [1.807, 2.05) is 0 Å². The van der Waals surface area contributed by atoms with Crippen LogP contribution in [0.4, 0.5) is 0 Å². The summed E-state index contributed by atoms with van der Waals surface area (Å²) in [6.07, 6.45) is 1.41. The van der Waals surface area contributed by atoms with Crippen molar-refractivity contribution in [2.75, 3.05) is 7.11 Å². The van der Waals surface area contributed by atoms with E-state index in [2.05, 4.69) is 9.97 Å². The van der Waals surface area contributed by atoms with E-state index in [9.17, 15) is 0 Å². The number of hydrogen-bond acceptors (Lipinski definition) is 3. The van der Waals surface area contributed by atoms with Crippen LogP contribution in [0.2, 0.25) is 15.2 Å². The Morgan fingerprint density at radius 3 is 2.65 bits per heavy atom. The van der Waals surface area contributed by atoms with Crippen LogP contribution in [0, 0.1) is 0 Å². The molecule has 0 fully saturated rings. The zero-order valence-electron chi connectivity index (χ0n) is 8.75. The minimum atomic E-state index is 0.261. The Hall–Kier alpha value is -1.03. The molecule has 0 aliphatic carbocycles. The number of rotatable bonds is 2. The second-order valence-corrected chi connectivity index (χ2v) is 4.32. The quantitative estimate of drug-likeness (QED) is 0.834. The Balaban J connectivity index is 2.67. The van der Waals surface area contributed by atoms with Gasteiger partial charge in [0.15, 0.2) is 0 Å². The standard InChI is InChI=1S/C11H7Cl3N2O/c1-17-11-10(16-8(13)5-15-11)6-3-2-4-7(12)9(6)14/h2-5H,1H3. The number of ether oxygens (including phenoxy) is 1. The highest BCUT2D eigenvalue weighted by atomic mass is 35.5. The molecule has 2 aromatic rings. The van der Waals surface area contributed by atoms with E-state index in [1.165, 1.54) is 13.3 Å². The van der Waals surface area contributed by atoms with Crippen molar-refractivity contribution in [3.8, 4) is 17.1 Å². The van der Waals surface area contributed by atoms with Crippen LogP contribution in [0.15, 0.2) is 24.4 Å². The zero-order valence-corrected chi connectivity index (χ0v) is 11.0. The lowest BCUT2D eigenvalue weighted by Crippen LogP contribution is -1.95. The fourth-order valence-electron chi connectivity index (χ4n) is 1.37. The van der Waals surface area contributed by atoms with Gasteiger partial charge in [0.25, 0.3) is 0 Å². The molecule has 0 radical (unpaired) electrons. The molecule has 0 saturated carbocycles. The van der Waals surface area contributed by atoms with Crippen LogP contribution in [0.3, 0.4) is 0 Å². The number of nitrogens with zero attached hydrogens (tertiary/aromatic N) is 2. The number of hydrogen-bond donors (Lipinski definition) is 0. The zero-order chi connectivity index (χ0) is 12.4. The van der Waals surface area contributed by atoms with Crippen molar-refractivity contribution >= 4 is 34.8 Å². The van der Waals surface area contributed by atoms with E-state index >= 15 is 0 Å². The van der Waals surface area contributed by atoms with Crippen molar-refractivity contribution in [1.82, 2.24) is 9.97 Å². The normalized spacial score (nSPS) is 10.4. The van der Waals surface area contributed by atoms with Crippen LogP contribution in [0.1, 0.15) is 0 Å². The van der Waals surface area contributed by atoms with Crippen molar-refractivity contribution in [3.05, 3.63) is 39.6 Å². The third-order valence-electron chi connectivity index (χ3n) is 2.11. The molecule has 6 heteroatoms. The number of methoxy groups -OCH3 is 1. The molecule has 88 valence electrons. The average Bonchev–Trinajstić information content (AvgIpc) is 2.33. The Morgan fingerprint density at radius 1 is 1.18 bits per heavy atom. The molecular weight excluding hydrogens is 282 g/mol. The van der Waals surface area contributed by atoms with Gasteiger partial charge in [0.05, 0.1) is 23.4 Å². The van der Waals surface area contributed by atoms with E-state index in [-0.39, 0.29) is 5.15 Å². The monoisotopic (exact) mass is 288 g/mol. The van der Waals surface area contributed by atoms with Crippen LogP contribution in [0.25, 0.3) is 11.3 Å². The van der Waals surface area contributed by atoms with Gasteiger partial charge in [-0.3, -0.25) is 0 Å². The highest BCUT2D eigenvalue weighted by molar-refractivity contribution is 6.43. The number of benzene rings is 1. The van der Waals surface area contributed by atoms with Crippen LogP contribution in [-0.2, 0) is 0 Å². The Bertz CT molecular complexity index is 560. The average molecular weight is 290 g/mol. The summed E-state index contributed by atoms with van der Waals surface area (Å²) in [5, 5.41) is 1.09. The van der Waals surface area contributed by atoms with Gasteiger partial charge in [-0.1, -0.05) is 46.9 Å². The first-order valence-electron chi connectivity index (χ1n) is 4.64. The summed E-state index contributed by atoms with van der Waals surface area (Å²) in [6, 6.07) is 5.24. The summed E-state index contributed by atoms with van der Waals surface area (Å²) in [4.78, 5) is 8.18. The fraction of sp³-hybridized carbons (Fsp3) is 0.0909. The molecule has 0 N–H and O–H groups in total. The Labute approximate surface area is 113 Å². The minimum Gasteiger partial charge on any atom is -0.479 e. The molecule has 1 aromatic heterocycles. The molecule has 0 aliphatic heterocycles. The molecule has 0 aliphatic rings. The van der Waals surface area contributed by atoms with Crippen LogP contribution in [-0.4, -0.2) is 17.1 Å². The number of halogens is 3. The highest BCUT2D eigenvalue weighted by Gasteiger charge is 2.14. The maximum Gasteiger partial charge on any atom is 0.240 e. The molecule has 0 saturated heterocycles. The summed E-state index contributed by atoms with van der Waals surface area (Å²) in [7, 11) is 1.50. The molecule has 0 spiro atoms. The smallest absolute Gasteiger partial charge is 0.240 e. The second-order valence-electron chi connectivity index (χ2n) is 3.15. The van der Waals surface area contributed by atoms with Gasteiger partial charge in [-0.2, -0.15) is 0 Å². The third-order valence-corrected chi connectivity index (χ3v) is 3.11. The predicted octanol–water partition coefficient (Wildman–Crippen LogP) is 4.11. The van der Waals surface area contributed by atoms with E-state index in [1.54, 1.807) is 18.2 Å². The molecule has 1 aromatic carbocycles. The lowest BCUT2D eigenvalue weighted by molar-refractivity contribution is 0.398. The van der Waals surface area contributed by atoms with Crippen molar-refractivity contribution < 1.29 is 4.74 Å². The fourth-order valence-corrected chi connectivity index (χ4v) is 1.89. The van der Waals surface area contributed by atoms with Crippen molar-refractivity contribution in [3.63, 3.8) is 0 Å². The van der Waals surface area contributed by atoms with Crippen molar-refractivity contribution in [1.29, 1.82) is 0 Å². The summed E-state index contributed by atoms with van der Waals surface area (Å²) in [5.74, 6) is 0.346. The molecule has 0 atom stereocenters. The summed E-state index contributed by atoms with van der Waals surface area (Å²) in [5.41, 5.74) is 1.10. The van der Waals surface area contributed by atoms with Crippen LogP contribution >= 0.6 is 34.8 Å². The Kier molecular flexibility index (Phi) is 3.72. The molecule has 3 nitrogen and oxygen atoms in total. The summed E-state index contributed by atoms with van der Waals surface area (Å²) < 4.78 is 5.12. The minimum absolute atomic E-state index is 0.261. The van der Waals surface area contributed by atoms with Gasteiger partial charge in [0.1, 0.15) is 10.8 Å². The maximum absolute atomic E-state index is 6.11. The van der Waals surface area contributed by atoms with Crippen LogP contribution in [0.5, 0.6) is 5.88 Å². The molecule has 1 heterocycles. The molecule has 0 unspecified atom stereocenters. The molecule has 0 bridgehead atoms. The van der Waals surface area contributed by atoms with Crippen molar-refractivity contribution in [2.24, 2.45) is 0 Å². The topological polar surface area (TPSA) is 35.0 Å². The maximum atomic E-state index is 6.11. The van der Waals surface area contributed by atoms with Gasteiger partial charge < -0.3 is 4.74 Å². The van der Waals surface area contributed by atoms with Gasteiger partial charge in [-0.25, -0.2) is 9.97 Å². The SMILES string of the molecule is COc1ncc(Cl)nc1-c1cccc(Cl)c1Cl. The van der Waals surface area contributed by atoms with E-state index in [0.29, 0.717) is 27.2 Å². The highest BCUT2D eigenvalue weighted by Crippen LogP contribution is 2.36. The largest absolute Gasteiger partial charge is 0.479 e. The van der Waals surface area contributed by atoms with Gasteiger partial charge in [-0.05, 0) is 6.07 Å². The van der Waals surface area contributed by atoms with E-state index in [0.717, 1.165) is 0 Å². The van der Waals surface area contributed by atoms with Gasteiger partial charge in [0, 0.05) is 5.56 Å². The first-order valence-corrected chi connectivity index (χ1v) is 5.77. The summed E-state index contributed by atoms with van der Waals surface area (Å²) >= 11 is 17.9. The van der Waals surface area contributed by atoms with E-state index < -0.39 is 0 Å². The molecule has 2 rings (SSSR count). The third kappa shape index (κ3) is 2.46. The predicted molar refractivity (Wildman–Crippen MR) is 69.1 cm³/mol. The van der Waals surface area contributed by atoms with Gasteiger partial charge >= 0.3 is 0 Å². The first kappa shape index (κ1) is 12.4.